The van der Waals surface area contributed by atoms with Gasteiger partial charge in [0.15, 0.2) is 5.84 Å². The van der Waals surface area contributed by atoms with Crippen LogP contribution in [-0.4, -0.2) is 37.3 Å². The first kappa shape index (κ1) is 23.2. The Kier molecular flexibility index (Phi) is 5.96. The fourth-order valence-electron chi connectivity index (χ4n) is 3.36. The molecule has 4 rings (SSSR count). The average molecular weight is 484 g/mol. The Morgan fingerprint density at radius 2 is 1.91 bits per heavy atom. The summed E-state index contributed by atoms with van der Waals surface area (Å²) in [5.41, 5.74) is 7.23. The number of halogens is 1. The fourth-order valence-corrected chi connectivity index (χ4v) is 4.21. The molecule has 176 valence electrons. The molecule has 3 aromatic rings. The normalized spacial score (nSPS) is 14.4. The van der Waals surface area contributed by atoms with E-state index >= 15 is 0 Å². The van der Waals surface area contributed by atoms with E-state index < -0.39 is 15.7 Å². The molecule has 4 N–H and O–H groups in total. The molecule has 0 atom stereocenters. The third kappa shape index (κ3) is 5.15. The Morgan fingerprint density at radius 1 is 1.18 bits per heavy atom. The molecule has 0 spiro atoms. The first-order valence-electron chi connectivity index (χ1n) is 10.2. The zero-order chi connectivity index (χ0) is 24.5. The number of nitrogens with zero attached hydrogens (tertiary/aromatic N) is 2. The molecule has 1 aliphatic rings. The minimum absolute atomic E-state index is 0.0606. The van der Waals surface area contributed by atoms with E-state index in [-0.39, 0.29) is 29.9 Å². The van der Waals surface area contributed by atoms with Crippen molar-refractivity contribution in [1.29, 1.82) is 0 Å². The predicted molar refractivity (Wildman–Crippen MR) is 126 cm³/mol. The lowest BCUT2D eigenvalue weighted by Crippen LogP contribution is -2.48. The smallest absolute Gasteiger partial charge is 0.344 e. The van der Waals surface area contributed by atoms with Gasteiger partial charge in [-0.05, 0) is 62.4 Å². The van der Waals surface area contributed by atoms with Crippen LogP contribution >= 0.6 is 0 Å². The molecule has 34 heavy (non-hydrogen) atoms. The summed E-state index contributed by atoms with van der Waals surface area (Å²) < 4.78 is 48.4. The van der Waals surface area contributed by atoms with Crippen LogP contribution in [-0.2, 0) is 10.2 Å². The number of nitrogens with two attached hydrogens (primary N) is 1. The topological polar surface area (TPSA) is 136 Å². The minimum atomic E-state index is -3.90. The Balaban J connectivity index is 1.47. The highest BCUT2D eigenvalue weighted by molar-refractivity contribution is 7.91. The number of fused-ring (bicyclic) bond motifs is 1. The second-order valence-electron chi connectivity index (χ2n) is 8.30. The number of rotatable bonds is 6. The van der Waals surface area contributed by atoms with Gasteiger partial charge in [-0.2, -0.15) is 8.42 Å². The first-order chi connectivity index (χ1) is 16.0. The number of hydrogen-bond donors (Lipinski definition) is 3. The Hall–Kier alpha value is -3.99. The summed E-state index contributed by atoms with van der Waals surface area (Å²) in [5, 5.41) is 2.91. The molecule has 0 saturated heterocycles. The largest absolute Gasteiger partial charge is 0.490 e. The van der Waals surface area contributed by atoms with E-state index in [1.807, 2.05) is 0 Å². The number of carbonyl (C=O) groups excluding carboxylic acids is 1. The molecule has 9 nitrogen and oxygen atoms in total. The van der Waals surface area contributed by atoms with Crippen molar-refractivity contribution in [3.63, 3.8) is 0 Å². The van der Waals surface area contributed by atoms with Crippen molar-refractivity contribution in [3.8, 4) is 17.0 Å². The highest BCUT2D eigenvalue weighted by Crippen LogP contribution is 2.31. The zero-order valence-electron chi connectivity index (χ0n) is 18.4. The van der Waals surface area contributed by atoms with Crippen molar-refractivity contribution in [2.75, 3.05) is 11.3 Å². The maximum Gasteiger partial charge on any atom is 0.344 e. The van der Waals surface area contributed by atoms with Crippen molar-refractivity contribution in [2.45, 2.75) is 19.4 Å². The molecule has 1 amide bonds. The summed E-state index contributed by atoms with van der Waals surface area (Å²) in [5.74, 6) is -0.560. The van der Waals surface area contributed by atoms with Crippen LogP contribution in [0, 0.1) is 5.82 Å². The van der Waals surface area contributed by atoms with E-state index in [9.17, 15) is 17.6 Å². The van der Waals surface area contributed by atoms with Crippen molar-refractivity contribution in [2.24, 2.45) is 10.1 Å². The Bertz CT molecular complexity index is 1390. The third-order valence-electron chi connectivity index (χ3n) is 4.94. The van der Waals surface area contributed by atoms with Crippen molar-refractivity contribution in [1.82, 2.24) is 10.3 Å². The second-order valence-corrected chi connectivity index (χ2v) is 9.63. The van der Waals surface area contributed by atoms with E-state index in [0.717, 1.165) is 0 Å². The quantitative estimate of drug-likeness (QED) is 0.493. The number of benzene rings is 2. The lowest BCUT2D eigenvalue weighted by atomic mass is 10.0. The summed E-state index contributed by atoms with van der Waals surface area (Å²) in [7, 11) is -3.90. The molecule has 11 heteroatoms. The molecule has 2 heterocycles. The van der Waals surface area contributed by atoms with Gasteiger partial charge >= 0.3 is 10.2 Å². The number of amides is 1. The number of amidine groups is 1. The van der Waals surface area contributed by atoms with E-state index in [1.54, 1.807) is 56.3 Å². The van der Waals surface area contributed by atoms with E-state index in [1.165, 1.54) is 18.3 Å². The molecule has 0 bridgehead atoms. The van der Waals surface area contributed by atoms with Crippen molar-refractivity contribution < 1.29 is 22.3 Å². The highest BCUT2D eigenvalue weighted by atomic mass is 32.2. The third-order valence-corrected chi connectivity index (χ3v) is 5.86. The molecule has 1 aliphatic heterocycles. The number of aromatic nitrogens is 1. The number of pyridine rings is 1. The standard InChI is InChI=1S/C23H22FN5O4S/c1-23(2,13-33-19-5-3-4-17-20(19)21(25)29-34(31,32)28-17)27-22(30)15-10-11-26-18(12-15)14-6-8-16(24)9-7-14/h3-12,28H,13H2,1-2H3,(H2,25,29)(H,27,30). The molecule has 1 aromatic heterocycles. The SMILES string of the molecule is CC(C)(COc1cccc2c1C(N)=NS(=O)(=O)N2)NC(=O)c1ccnc(-c2ccc(F)cc2)c1. The molecule has 0 saturated carbocycles. The van der Waals surface area contributed by atoms with Crippen LogP contribution < -0.4 is 20.5 Å². The van der Waals surface area contributed by atoms with Crippen LogP contribution in [0.3, 0.4) is 0 Å². The molecule has 0 aliphatic carbocycles. The van der Waals surface area contributed by atoms with Crippen LogP contribution in [0.2, 0.25) is 0 Å². The van der Waals surface area contributed by atoms with Gasteiger partial charge in [-0.3, -0.25) is 14.5 Å². The minimum Gasteiger partial charge on any atom is -0.490 e. The second kappa shape index (κ2) is 8.75. The maximum absolute atomic E-state index is 13.2. The summed E-state index contributed by atoms with van der Waals surface area (Å²) in [4.78, 5) is 17.1. The fraction of sp³-hybridized carbons (Fsp3) is 0.174. The van der Waals surface area contributed by atoms with Gasteiger partial charge in [-0.15, -0.1) is 4.40 Å². The number of hydrogen-bond acceptors (Lipinski definition) is 6. The number of ether oxygens (including phenoxy) is 1. The maximum atomic E-state index is 13.2. The zero-order valence-corrected chi connectivity index (χ0v) is 19.2. The summed E-state index contributed by atoms with van der Waals surface area (Å²) in [6, 6.07) is 13.8. The van der Waals surface area contributed by atoms with Gasteiger partial charge in [0.25, 0.3) is 5.91 Å². The van der Waals surface area contributed by atoms with E-state index in [0.29, 0.717) is 28.1 Å². The number of nitrogens with one attached hydrogen (secondary N) is 2. The summed E-state index contributed by atoms with van der Waals surface area (Å²) in [6.45, 7) is 3.62. The highest BCUT2D eigenvalue weighted by Gasteiger charge is 2.27. The number of carbonyl (C=O) groups is 1. The van der Waals surface area contributed by atoms with Crippen LogP contribution in [0.25, 0.3) is 11.3 Å². The lowest BCUT2D eigenvalue weighted by Gasteiger charge is -2.27. The van der Waals surface area contributed by atoms with Gasteiger partial charge < -0.3 is 15.8 Å². The first-order valence-corrected chi connectivity index (χ1v) is 11.7. The summed E-state index contributed by atoms with van der Waals surface area (Å²) >= 11 is 0. The van der Waals surface area contributed by atoms with Gasteiger partial charge in [-0.25, -0.2) is 4.39 Å². The van der Waals surface area contributed by atoms with Gasteiger partial charge in [0.1, 0.15) is 18.2 Å². The van der Waals surface area contributed by atoms with Crippen LogP contribution in [0.4, 0.5) is 10.1 Å². The van der Waals surface area contributed by atoms with Gasteiger partial charge in [0.2, 0.25) is 0 Å². The van der Waals surface area contributed by atoms with Crippen LogP contribution in [0.15, 0.2) is 65.2 Å². The molecule has 0 radical (unpaired) electrons. The Morgan fingerprint density at radius 3 is 2.65 bits per heavy atom. The van der Waals surface area contributed by atoms with E-state index in [2.05, 4.69) is 19.4 Å². The molecular weight excluding hydrogens is 461 g/mol. The lowest BCUT2D eigenvalue weighted by molar-refractivity contribution is 0.0880. The van der Waals surface area contributed by atoms with Crippen molar-refractivity contribution >= 4 is 27.6 Å². The number of anilines is 1. The summed E-state index contributed by atoms with van der Waals surface area (Å²) in [6.07, 6.45) is 1.51. The predicted octanol–water partition coefficient (Wildman–Crippen LogP) is 2.85. The van der Waals surface area contributed by atoms with Crippen molar-refractivity contribution in [3.05, 3.63) is 77.7 Å². The molecule has 0 fully saturated rings. The van der Waals surface area contributed by atoms with Gasteiger partial charge in [0.05, 0.1) is 22.5 Å². The van der Waals surface area contributed by atoms with Gasteiger partial charge in [0, 0.05) is 17.3 Å². The molecule has 0 unspecified atom stereocenters. The monoisotopic (exact) mass is 483 g/mol. The Labute approximate surface area is 196 Å². The van der Waals surface area contributed by atoms with Crippen LogP contribution in [0.1, 0.15) is 29.8 Å². The van der Waals surface area contributed by atoms with E-state index in [4.69, 9.17) is 10.5 Å². The molecular formula is C23H22FN5O4S. The van der Waals surface area contributed by atoms with Crippen LogP contribution in [0.5, 0.6) is 5.75 Å². The average Bonchev–Trinajstić information content (AvgIpc) is 2.77. The molecule has 2 aromatic carbocycles. The van der Waals surface area contributed by atoms with Gasteiger partial charge in [-0.1, -0.05) is 6.07 Å².